The van der Waals surface area contributed by atoms with Gasteiger partial charge < -0.3 is 15.0 Å². The number of aliphatic hydroxyl groups is 1. The molecular formula is C19H20BrFN4O3. The molecule has 3 rings (SSSR count). The lowest BCUT2D eigenvalue weighted by Crippen LogP contribution is -2.27. The Kier molecular flexibility index (Phi) is 6.28. The first-order valence-corrected chi connectivity index (χ1v) is 9.41. The van der Waals surface area contributed by atoms with Gasteiger partial charge >= 0.3 is 0 Å². The summed E-state index contributed by atoms with van der Waals surface area (Å²) in [5.41, 5.74) is 4.80. The number of pyridine rings is 1. The molecule has 9 heteroatoms. The molecule has 28 heavy (non-hydrogen) atoms. The van der Waals surface area contributed by atoms with Gasteiger partial charge in [-0.3, -0.25) is 14.6 Å². The number of rotatable bonds is 7. The third kappa shape index (κ3) is 4.01. The van der Waals surface area contributed by atoms with Crippen molar-refractivity contribution in [3.63, 3.8) is 0 Å². The third-order valence-corrected chi connectivity index (χ3v) is 4.80. The van der Waals surface area contributed by atoms with E-state index in [1.54, 1.807) is 43.1 Å². The minimum atomic E-state index is -0.501. The van der Waals surface area contributed by atoms with Crippen LogP contribution in [0.15, 0.2) is 35.1 Å². The van der Waals surface area contributed by atoms with Gasteiger partial charge in [-0.2, -0.15) is 0 Å². The normalized spacial score (nSPS) is 11.0. The molecule has 2 heterocycles. The molecule has 3 N–H and O–H groups in total. The molecule has 0 bridgehead atoms. The van der Waals surface area contributed by atoms with Gasteiger partial charge in [-0.25, -0.2) is 9.87 Å². The first kappa shape index (κ1) is 20.2. The van der Waals surface area contributed by atoms with Crippen molar-refractivity contribution in [2.24, 2.45) is 7.05 Å². The molecule has 1 aromatic carbocycles. The van der Waals surface area contributed by atoms with Crippen LogP contribution >= 0.6 is 15.9 Å². The average Bonchev–Trinajstić information content (AvgIpc) is 2.94. The van der Waals surface area contributed by atoms with Crippen LogP contribution in [0, 0.1) is 12.7 Å². The molecule has 2 aromatic heterocycles. The number of halogens is 2. The molecule has 0 aliphatic heterocycles. The number of benzene rings is 1. The average molecular weight is 451 g/mol. The van der Waals surface area contributed by atoms with Crippen LogP contribution in [0.25, 0.3) is 10.9 Å². The molecule has 0 radical (unpaired) electrons. The Morgan fingerprint density at radius 2 is 2.18 bits per heavy atom. The third-order valence-electron chi connectivity index (χ3n) is 4.22. The van der Waals surface area contributed by atoms with Crippen LogP contribution in [-0.2, 0) is 11.9 Å². The van der Waals surface area contributed by atoms with Crippen LogP contribution in [0.3, 0.4) is 0 Å². The van der Waals surface area contributed by atoms with Gasteiger partial charge in [-0.05, 0) is 47.0 Å². The van der Waals surface area contributed by atoms with E-state index in [9.17, 15) is 9.18 Å². The van der Waals surface area contributed by atoms with E-state index in [0.29, 0.717) is 22.0 Å². The second kappa shape index (κ2) is 8.68. The zero-order chi connectivity index (χ0) is 20.3. The van der Waals surface area contributed by atoms with Crippen LogP contribution in [0.1, 0.15) is 22.5 Å². The molecule has 1 amide bonds. The lowest BCUT2D eigenvalue weighted by atomic mass is 10.2. The van der Waals surface area contributed by atoms with Crippen LogP contribution in [-0.4, -0.2) is 33.8 Å². The van der Waals surface area contributed by atoms with E-state index in [2.05, 4.69) is 31.7 Å². The molecule has 7 nitrogen and oxygen atoms in total. The Labute approximate surface area is 169 Å². The zero-order valence-electron chi connectivity index (χ0n) is 15.4. The van der Waals surface area contributed by atoms with Crippen molar-refractivity contribution in [2.45, 2.75) is 13.3 Å². The lowest BCUT2D eigenvalue weighted by molar-refractivity contribution is 0.0256. The molecule has 0 aliphatic carbocycles. The van der Waals surface area contributed by atoms with E-state index >= 15 is 0 Å². The highest BCUT2D eigenvalue weighted by atomic mass is 79.9. The first-order chi connectivity index (χ1) is 13.4. The van der Waals surface area contributed by atoms with Crippen molar-refractivity contribution >= 4 is 44.1 Å². The number of carbonyl (C=O) groups is 1. The number of hydrogen-bond donors (Lipinski definition) is 3. The summed E-state index contributed by atoms with van der Waals surface area (Å²) in [5.74, 6) is -0.927. The highest BCUT2D eigenvalue weighted by Crippen LogP contribution is 2.36. The highest BCUT2D eigenvalue weighted by molar-refractivity contribution is 9.10. The molecule has 0 spiro atoms. The summed E-state index contributed by atoms with van der Waals surface area (Å²) in [5, 5.41) is 12.5. The number of aryl methyl sites for hydroxylation is 2. The summed E-state index contributed by atoms with van der Waals surface area (Å²) >= 11 is 3.45. The van der Waals surface area contributed by atoms with Gasteiger partial charge in [0.15, 0.2) is 0 Å². The topological polar surface area (TPSA) is 88.4 Å². The van der Waals surface area contributed by atoms with E-state index < -0.39 is 11.7 Å². The van der Waals surface area contributed by atoms with E-state index in [1.165, 1.54) is 6.07 Å². The maximum absolute atomic E-state index is 14.4. The van der Waals surface area contributed by atoms with Crippen LogP contribution in [0.4, 0.5) is 15.8 Å². The Morgan fingerprint density at radius 3 is 2.89 bits per heavy atom. The molecule has 0 saturated carbocycles. The van der Waals surface area contributed by atoms with E-state index in [1.807, 2.05) is 0 Å². The van der Waals surface area contributed by atoms with Gasteiger partial charge in [0.1, 0.15) is 11.5 Å². The quantitative estimate of drug-likeness (QED) is 0.378. The van der Waals surface area contributed by atoms with E-state index in [-0.39, 0.29) is 24.6 Å². The fraction of sp³-hybridized carbons (Fsp3) is 0.263. The SMILES string of the molecule is Cc1ccc(Nc2c(C(=O)NOCCCO)n(C)c3c(Br)cncc23)c(F)c1. The zero-order valence-corrected chi connectivity index (χ0v) is 17.0. The molecule has 0 fully saturated rings. The van der Waals surface area contributed by atoms with E-state index in [4.69, 9.17) is 9.94 Å². The minimum absolute atomic E-state index is 0.0396. The standard InChI is InChI=1S/C19H20BrFN4O3/c1-11-4-5-15(14(21)8-11)23-16-12-9-22-10-13(20)17(12)25(2)18(16)19(27)24-28-7-3-6-26/h4-5,8-10,23,26H,3,6-7H2,1-2H3,(H,24,27). The molecule has 148 valence electrons. The van der Waals surface area contributed by atoms with Crippen molar-refractivity contribution in [1.29, 1.82) is 0 Å². The fourth-order valence-corrected chi connectivity index (χ4v) is 3.51. The number of amides is 1. The van der Waals surface area contributed by atoms with Crippen LogP contribution < -0.4 is 10.8 Å². The Bertz CT molecular complexity index is 1020. The smallest absolute Gasteiger partial charge is 0.293 e. The number of hydrogen-bond acceptors (Lipinski definition) is 5. The monoisotopic (exact) mass is 450 g/mol. The second-order valence-electron chi connectivity index (χ2n) is 6.27. The predicted molar refractivity (Wildman–Crippen MR) is 108 cm³/mol. The number of carbonyl (C=O) groups excluding carboxylic acids is 1. The predicted octanol–water partition coefficient (Wildman–Crippen LogP) is 3.57. The van der Waals surface area contributed by atoms with Gasteiger partial charge in [0.2, 0.25) is 0 Å². The number of hydroxylamine groups is 1. The lowest BCUT2D eigenvalue weighted by Gasteiger charge is -2.12. The molecule has 0 aliphatic rings. The summed E-state index contributed by atoms with van der Waals surface area (Å²) < 4.78 is 16.8. The van der Waals surface area contributed by atoms with Crippen LogP contribution in [0.2, 0.25) is 0 Å². The van der Waals surface area contributed by atoms with E-state index in [0.717, 1.165) is 11.1 Å². The largest absolute Gasteiger partial charge is 0.396 e. The number of fused-ring (bicyclic) bond motifs is 1. The number of nitrogens with one attached hydrogen (secondary N) is 2. The number of aliphatic hydroxyl groups excluding tert-OH is 1. The van der Waals surface area contributed by atoms with Crippen molar-refractivity contribution in [3.8, 4) is 0 Å². The van der Waals surface area contributed by atoms with Crippen molar-refractivity contribution in [2.75, 3.05) is 18.5 Å². The summed E-state index contributed by atoms with van der Waals surface area (Å²) in [4.78, 5) is 22.1. The second-order valence-corrected chi connectivity index (χ2v) is 7.12. The Morgan fingerprint density at radius 1 is 1.39 bits per heavy atom. The van der Waals surface area contributed by atoms with Gasteiger partial charge in [0, 0.05) is 31.4 Å². The molecule has 0 unspecified atom stereocenters. The minimum Gasteiger partial charge on any atom is -0.396 e. The molecule has 3 aromatic rings. The van der Waals surface area contributed by atoms with Crippen LogP contribution in [0.5, 0.6) is 0 Å². The van der Waals surface area contributed by atoms with Crippen molar-refractivity contribution < 1.29 is 19.1 Å². The molecule has 0 atom stereocenters. The number of anilines is 2. The summed E-state index contributed by atoms with van der Waals surface area (Å²) in [6.45, 7) is 1.93. The molecular weight excluding hydrogens is 431 g/mol. The summed E-state index contributed by atoms with van der Waals surface area (Å²) in [6.07, 6.45) is 3.63. The maximum Gasteiger partial charge on any atom is 0.293 e. The molecule has 0 saturated heterocycles. The van der Waals surface area contributed by atoms with Crippen molar-refractivity contribution in [1.82, 2.24) is 15.0 Å². The van der Waals surface area contributed by atoms with Gasteiger partial charge in [-0.15, -0.1) is 0 Å². The van der Waals surface area contributed by atoms with Gasteiger partial charge in [0.05, 0.1) is 28.0 Å². The summed E-state index contributed by atoms with van der Waals surface area (Å²) in [6, 6.07) is 4.82. The van der Waals surface area contributed by atoms with Gasteiger partial charge in [0.25, 0.3) is 5.91 Å². The fourth-order valence-electron chi connectivity index (χ4n) is 2.91. The maximum atomic E-state index is 14.4. The van der Waals surface area contributed by atoms with Crippen molar-refractivity contribution in [3.05, 3.63) is 52.1 Å². The number of nitrogens with zero attached hydrogens (tertiary/aromatic N) is 2. The van der Waals surface area contributed by atoms with Gasteiger partial charge in [-0.1, -0.05) is 6.07 Å². The Hall–Kier alpha value is -2.49. The first-order valence-electron chi connectivity index (χ1n) is 8.62. The summed E-state index contributed by atoms with van der Waals surface area (Å²) in [7, 11) is 1.73. The highest BCUT2D eigenvalue weighted by Gasteiger charge is 2.24. The number of aromatic nitrogens is 2. The Balaban J connectivity index is 2.06.